The minimum atomic E-state index is 0.889. The minimum absolute atomic E-state index is 0.889. The Kier molecular flexibility index (Phi) is 4.61. The average Bonchev–Trinajstić information content (AvgIpc) is 2.93. The molecule has 2 aliphatic heterocycles. The zero-order valence-corrected chi connectivity index (χ0v) is 13.9. The third-order valence-electron chi connectivity index (χ3n) is 4.65. The monoisotopic (exact) mass is 337 g/mol. The van der Waals surface area contributed by atoms with Gasteiger partial charge < -0.3 is 9.80 Å². The second-order valence-corrected chi connectivity index (χ2v) is 7.15. The van der Waals surface area contributed by atoms with Crippen molar-refractivity contribution in [1.29, 1.82) is 0 Å². The maximum Gasteiger partial charge on any atom is 0.131 e. The molecule has 0 unspecified atom stereocenters. The Morgan fingerprint density at radius 1 is 1.20 bits per heavy atom. The zero-order chi connectivity index (χ0) is 13.9. The summed E-state index contributed by atoms with van der Waals surface area (Å²) < 4.78 is 1.07. The molecule has 0 radical (unpaired) electrons. The Bertz CT molecular complexity index is 449. The number of nitrogens with zero attached hydrogens (tertiary/aromatic N) is 3. The number of pyridine rings is 1. The van der Waals surface area contributed by atoms with E-state index in [9.17, 15) is 0 Å². The first-order valence-corrected chi connectivity index (χ1v) is 8.61. The van der Waals surface area contributed by atoms with Crippen LogP contribution in [0.4, 0.5) is 5.82 Å². The van der Waals surface area contributed by atoms with Crippen LogP contribution in [-0.4, -0.2) is 42.6 Å². The Balaban J connectivity index is 1.55. The topological polar surface area (TPSA) is 19.4 Å². The molecular formula is C16H24BrN3. The number of hydrogen-bond acceptors (Lipinski definition) is 3. The van der Waals surface area contributed by atoms with Gasteiger partial charge in [0.2, 0.25) is 0 Å². The lowest BCUT2D eigenvalue weighted by atomic mass is 9.96. The number of halogens is 1. The molecule has 0 atom stereocenters. The molecular weight excluding hydrogens is 314 g/mol. The van der Waals surface area contributed by atoms with Gasteiger partial charge in [0.1, 0.15) is 5.82 Å². The number of hydrogen-bond donors (Lipinski definition) is 0. The standard InChI is InChI=1S/C16H24BrN3/c1-13-10-15(17)11-18-16(13)20-8-4-14(5-9-20)12-19-6-2-3-7-19/h10-11,14H,2-9,12H2,1H3. The molecule has 110 valence electrons. The van der Waals surface area contributed by atoms with Crippen molar-refractivity contribution in [2.45, 2.75) is 32.6 Å². The van der Waals surface area contributed by atoms with Crippen LogP contribution in [0.5, 0.6) is 0 Å². The van der Waals surface area contributed by atoms with Crippen molar-refractivity contribution in [2.75, 3.05) is 37.6 Å². The van der Waals surface area contributed by atoms with Gasteiger partial charge in [-0.05, 0) is 79.2 Å². The van der Waals surface area contributed by atoms with Crippen molar-refractivity contribution in [3.8, 4) is 0 Å². The Morgan fingerprint density at radius 3 is 2.55 bits per heavy atom. The molecule has 3 nitrogen and oxygen atoms in total. The first kappa shape index (κ1) is 14.3. The minimum Gasteiger partial charge on any atom is -0.356 e. The highest BCUT2D eigenvalue weighted by Gasteiger charge is 2.24. The molecule has 0 bridgehead atoms. The summed E-state index contributed by atoms with van der Waals surface area (Å²) in [6.07, 6.45) is 7.35. The molecule has 1 aromatic rings. The van der Waals surface area contributed by atoms with Crippen molar-refractivity contribution >= 4 is 21.7 Å². The van der Waals surface area contributed by atoms with Gasteiger partial charge >= 0.3 is 0 Å². The Labute approximate surface area is 130 Å². The first-order chi connectivity index (χ1) is 9.72. The number of piperidine rings is 1. The fourth-order valence-electron chi connectivity index (χ4n) is 3.52. The summed E-state index contributed by atoms with van der Waals surface area (Å²) in [6, 6.07) is 2.17. The summed E-state index contributed by atoms with van der Waals surface area (Å²) in [4.78, 5) is 9.72. The van der Waals surface area contributed by atoms with E-state index in [1.165, 1.54) is 56.7 Å². The second kappa shape index (κ2) is 6.44. The molecule has 0 amide bonds. The fourth-order valence-corrected chi connectivity index (χ4v) is 3.97. The van der Waals surface area contributed by atoms with E-state index in [4.69, 9.17) is 0 Å². The van der Waals surface area contributed by atoms with Crippen molar-refractivity contribution in [3.05, 3.63) is 22.3 Å². The largest absolute Gasteiger partial charge is 0.356 e. The Morgan fingerprint density at radius 2 is 1.90 bits per heavy atom. The van der Waals surface area contributed by atoms with Gasteiger partial charge in [0.15, 0.2) is 0 Å². The van der Waals surface area contributed by atoms with E-state index in [-0.39, 0.29) is 0 Å². The van der Waals surface area contributed by atoms with Crippen LogP contribution in [-0.2, 0) is 0 Å². The van der Waals surface area contributed by atoms with Crippen LogP contribution in [0, 0.1) is 12.8 Å². The van der Waals surface area contributed by atoms with Gasteiger partial charge in [-0.3, -0.25) is 0 Å². The predicted molar refractivity (Wildman–Crippen MR) is 87.3 cm³/mol. The van der Waals surface area contributed by atoms with Crippen molar-refractivity contribution in [1.82, 2.24) is 9.88 Å². The van der Waals surface area contributed by atoms with Crippen molar-refractivity contribution in [3.63, 3.8) is 0 Å². The van der Waals surface area contributed by atoms with E-state index in [1.54, 1.807) is 0 Å². The highest BCUT2D eigenvalue weighted by atomic mass is 79.9. The summed E-state index contributed by atoms with van der Waals surface area (Å²) >= 11 is 3.49. The number of aromatic nitrogens is 1. The molecule has 1 aromatic heterocycles. The molecule has 20 heavy (non-hydrogen) atoms. The van der Waals surface area contributed by atoms with Crippen LogP contribution in [0.2, 0.25) is 0 Å². The van der Waals surface area contributed by atoms with Gasteiger partial charge in [0.25, 0.3) is 0 Å². The quantitative estimate of drug-likeness (QED) is 0.841. The molecule has 4 heteroatoms. The summed E-state index contributed by atoms with van der Waals surface area (Å²) in [7, 11) is 0. The molecule has 0 aliphatic carbocycles. The summed E-state index contributed by atoms with van der Waals surface area (Å²) in [5, 5.41) is 0. The second-order valence-electron chi connectivity index (χ2n) is 6.23. The average molecular weight is 338 g/mol. The van der Waals surface area contributed by atoms with E-state index in [0.717, 1.165) is 23.5 Å². The normalized spacial score (nSPS) is 21.6. The molecule has 0 saturated carbocycles. The smallest absolute Gasteiger partial charge is 0.131 e. The fraction of sp³-hybridized carbons (Fsp3) is 0.688. The summed E-state index contributed by atoms with van der Waals surface area (Å²) in [5.74, 6) is 2.06. The lowest BCUT2D eigenvalue weighted by molar-refractivity contribution is 0.249. The summed E-state index contributed by atoms with van der Waals surface area (Å²) in [5.41, 5.74) is 1.28. The van der Waals surface area contributed by atoms with Crippen LogP contribution in [0.1, 0.15) is 31.2 Å². The van der Waals surface area contributed by atoms with Crippen LogP contribution in [0.25, 0.3) is 0 Å². The van der Waals surface area contributed by atoms with E-state index >= 15 is 0 Å². The van der Waals surface area contributed by atoms with Gasteiger partial charge in [-0.2, -0.15) is 0 Å². The van der Waals surface area contributed by atoms with Crippen LogP contribution < -0.4 is 4.90 Å². The SMILES string of the molecule is Cc1cc(Br)cnc1N1CCC(CN2CCCC2)CC1. The molecule has 2 saturated heterocycles. The molecule has 0 aromatic carbocycles. The van der Waals surface area contributed by atoms with Gasteiger partial charge in [0, 0.05) is 30.3 Å². The number of aryl methyl sites for hydroxylation is 1. The van der Waals surface area contributed by atoms with Gasteiger partial charge in [-0.1, -0.05) is 0 Å². The Hall–Kier alpha value is -0.610. The highest BCUT2D eigenvalue weighted by molar-refractivity contribution is 9.10. The number of anilines is 1. The molecule has 3 heterocycles. The van der Waals surface area contributed by atoms with Crippen molar-refractivity contribution < 1.29 is 0 Å². The van der Waals surface area contributed by atoms with E-state index in [1.807, 2.05) is 6.20 Å². The molecule has 0 spiro atoms. The maximum atomic E-state index is 4.60. The van der Waals surface area contributed by atoms with Gasteiger partial charge in [-0.15, -0.1) is 0 Å². The number of likely N-dealkylation sites (tertiary alicyclic amines) is 1. The first-order valence-electron chi connectivity index (χ1n) is 7.82. The molecule has 3 rings (SSSR count). The van der Waals surface area contributed by atoms with Gasteiger partial charge in [-0.25, -0.2) is 4.98 Å². The maximum absolute atomic E-state index is 4.60. The zero-order valence-electron chi connectivity index (χ0n) is 12.3. The third-order valence-corrected chi connectivity index (χ3v) is 5.08. The predicted octanol–water partition coefficient (Wildman–Crippen LogP) is 3.46. The molecule has 2 fully saturated rings. The van der Waals surface area contributed by atoms with Crippen LogP contribution >= 0.6 is 15.9 Å². The van der Waals surface area contributed by atoms with E-state index in [2.05, 4.69) is 43.7 Å². The molecule has 2 aliphatic rings. The lowest BCUT2D eigenvalue weighted by Crippen LogP contribution is -2.38. The van der Waals surface area contributed by atoms with E-state index < -0.39 is 0 Å². The highest BCUT2D eigenvalue weighted by Crippen LogP contribution is 2.26. The summed E-state index contributed by atoms with van der Waals surface area (Å²) in [6.45, 7) is 8.45. The van der Waals surface area contributed by atoms with Crippen LogP contribution in [0.15, 0.2) is 16.7 Å². The van der Waals surface area contributed by atoms with Gasteiger partial charge in [0.05, 0.1) is 0 Å². The van der Waals surface area contributed by atoms with Crippen LogP contribution in [0.3, 0.4) is 0 Å². The van der Waals surface area contributed by atoms with Crippen molar-refractivity contribution in [2.24, 2.45) is 5.92 Å². The molecule has 0 N–H and O–H groups in total. The third kappa shape index (κ3) is 3.34. The number of rotatable bonds is 3. The van der Waals surface area contributed by atoms with E-state index in [0.29, 0.717) is 0 Å². The lowest BCUT2D eigenvalue weighted by Gasteiger charge is -2.35.